The summed E-state index contributed by atoms with van der Waals surface area (Å²) in [6.45, 7) is 4.35. The van der Waals surface area contributed by atoms with Crippen molar-refractivity contribution in [3.05, 3.63) is 0 Å². The quantitative estimate of drug-likeness (QED) is 0.518. The summed E-state index contributed by atoms with van der Waals surface area (Å²) in [7, 11) is 1.75. The highest BCUT2D eigenvalue weighted by Gasteiger charge is 2.33. The lowest BCUT2D eigenvalue weighted by molar-refractivity contribution is -0.135. The number of rotatable bonds is 7. The van der Waals surface area contributed by atoms with Crippen molar-refractivity contribution < 1.29 is 9.90 Å². The lowest BCUT2D eigenvalue weighted by atomic mass is 9.91. The molecular formula is C11H22N2O2S. The predicted octanol–water partition coefficient (Wildman–Crippen LogP) is 0.920. The molecule has 0 radical (unpaired) electrons. The number of aliphatic hydroxyl groups excluding tert-OH is 1. The van der Waals surface area contributed by atoms with E-state index in [4.69, 9.17) is 23.1 Å². The molecule has 0 bridgehead atoms. The van der Waals surface area contributed by atoms with Crippen molar-refractivity contribution in [1.29, 1.82) is 0 Å². The van der Waals surface area contributed by atoms with Crippen molar-refractivity contribution in [3.8, 4) is 0 Å². The van der Waals surface area contributed by atoms with Crippen LogP contribution in [0.25, 0.3) is 0 Å². The standard InChI is InChI=1S/C11H22N2O2S/c1-11(2,9(12)16)10(15)13(3)7-5-4-6-8-14/h14H,4-8H2,1-3H3,(H2,12,16). The van der Waals surface area contributed by atoms with Crippen LogP contribution in [0.1, 0.15) is 33.1 Å². The van der Waals surface area contributed by atoms with Crippen LogP contribution in [0.4, 0.5) is 0 Å². The van der Waals surface area contributed by atoms with Gasteiger partial charge < -0.3 is 15.7 Å². The number of carbonyl (C=O) groups excluding carboxylic acids is 1. The van der Waals surface area contributed by atoms with Gasteiger partial charge in [-0.1, -0.05) is 12.2 Å². The fourth-order valence-corrected chi connectivity index (χ4v) is 1.41. The van der Waals surface area contributed by atoms with E-state index in [-0.39, 0.29) is 17.5 Å². The molecule has 0 saturated heterocycles. The molecule has 1 amide bonds. The second-order valence-corrected chi connectivity index (χ2v) is 4.94. The molecule has 16 heavy (non-hydrogen) atoms. The number of nitrogens with two attached hydrogens (primary N) is 1. The summed E-state index contributed by atoms with van der Waals surface area (Å²) < 4.78 is 0. The van der Waals surface area contributed by atoms with Gasteiger partial charge >= 0.3 is 0 Å². The van der Waals surface area contributed by atoms with E-state index in [1.165, 1.54) is 0 Å². The van der Waals surface area contributed by atoms with Crippen molar-refractivity contribution in [2.75, 3.05) is 20.2 Å². The molecule has 0 aliphatic heterocycles. The Bertz CT molecular complexity index is 254. The Morgan fingerprint density at radius 2 is 1.94 bits per heavy atom. The highest BCUT2D eigenvalue weighted by Crippen LogP contribution is 2.18. The Morgan fingerprint density at radius 3 is 2.38 bits per heavy atom. The predicted molar refractivity (Wildman–Crippen MR) is 69.1 cm³/mol. The number of thiocarbonyl (C=S) groups is 1. The Kier molecular flexibility index (Phi) is 6.52. The second kappa shape index (κ2) is 6.81. The highest BCUT2D eigenvalue weighted by molar-refractivity contribution is 7.80. The van der Waals surface area contributed by atoms with Crippen LogP contribution in [-0.2, 0) is 4.79 Å². The first-order valence-corrected chi connectivity index (χ1v) is 5.91. The summed E-state index contributed by atoms with van der Waals surface area (Å²) in [5.74, 6) is -0.0519. The number of hydrogen-bond acceptors (Lipinski definition) is 3. The summed E-state index contributed by atoms with van der Waals surface area (Å²) in [5, 5.41) is 8.63. The molecule has 4 nitrogen and oxygen atoms in total. The third-order valence-electron chi connectivity index (χ3n) is 2.65. The molecule has 0 heterocycles. The van der Waals surface area contributed by atoms with Gasteiger partial charge in [0.25, 0.3) is 0 Å². The molecule has 0 saturated carbocycles. The molecule has 3 N–H and O–H groups in total. The molecule has 0 aromatic carbocycles. The van der Waals surface area contributed by atoms with E-state index in [2.05, 4.69) is 0 Å². The Morgan fingerprint density at radius 1 is 1.38 bits per heavy atom. The molecule has 0 aromatic heterocycles. The second-order valence-electron chi connectivity index (χ2n) is 4.50. The SMILES string of the molecule is CN(CCCCCO)C(=O)C(C)(C)C(N)=S. The number of amides is 1. The minimum Gasteiger partial charge on any atom is -0.396 e. The van der Waals surface area contributed by atoms with E-state index in [9.17, 15) is 4.79 Å². The van der Waals surface area contributed by atoms with Crippen molar-refractivity contribution >= 4 is 23.1 Å². The molecular weight excluding hydrogens is 224 g/mol. The lowest BCUT2D eigenvalue weighted by Crippen LogP contribution is -2.45. The number of nitrogens with zero attached hydrogens (tertiary/aromatic N) is 1. The normalized spacial score (nSPS) is 11.2. The molecule has 94 valence electrons. The van der Waals surface area contributed by atoms with Crippen molar-refractivity contribution in [2.45, 2.75) is 33.1 Å². The van der Waals surface area contributed by atoms with Crippen LogP contribution >= 0.6 is 12.2 Å². The molecule has 0 aliphatic carbocycles. The average Bonchev–Trinajstić information content (AvgIpc) is 2.22. The molecule has 0 unspecified atom stereocenters. The van der Waals surface area contributed by atoms with Crippen LogP contribution in [0.5, 0.6) is 0 Å². The number of aliphatic hydroxyl groups is 1. The van der Waals surface area contributed by atoms with E-state index in [0.29, 0.717) is 6.54 Å². The lowest BCUT2D eigenvalue weighted by Gasteiger charge is -2.28. The maximum atomic E-state index is 12.0. The third-order valence-corrected chi connectivity index (χ3v) is 3.16. The van der Waals surface area contributed by atoms with Gasteiger partial charge in [-0.15, -0.1) is 0 Å². The van der Waals surface area contributed by atoms with Crippen molar-refractivity contribution in [3.63, 3.8) is 0 Å². The average molecular weight is 246 g/mol. The largest absolute Gasteiger partial charge is 0.396 e. The zero-order valence-corrected chi connectivity index (χ0v) is 11.1. The first kappa shape index (κ1) is 15.3. The van der Waals surface area contributed by atoms with Crippen molar-refractivity contribution in [2.24, 2.45) is 11.1 Å². The number of unbranched alkanes of at least 4 members (excludes halogenated alkanes) is 2. The van der Waals surface area contributed by atoms with Crippen LogP contribution in [-0.4, -0.2) is 41.1 Å². The van der Waals surface area contributed by atoms with Gasteiger partial charge in [-0.3, -0.25) is 4.79 Å². The fraction of sp³-hybridized carbons (Fsp3) is 0.818. The summed E-state index contributed by atoms with van der Waals surface area (Å²) in [6.07, 6.45) is 2.58. The van der Waals surface area contributed by atoms with Gasteiger partial charge in [0.1, 0.15) is 0 Å². The van der Waals surface area contributed by atoms with Crippen LogP contribution in [0, 0.1) is 5.41 Å². The van der Waals surface area contributed by atoms with Gasteiger partial charge in [0.05, 0.1) is 10.4 Å². The van der Waals surface area contributed by atoms with E-state index >= 15 is 0 Å². The van der Waals surface area contributed by atoms with Gasteiger partial charge in [-0.25, -0.2) is 0 Å². The zero-order valence-electron chi connectivity index (χ0n) is 10.3. The van der Waals surface area contributed by atoms with Gasteiger partial charge in [-0.05, 0) is 33.1 Å². The van der Waals surface area contributed by atoms with Crippen LogP contribution in [0.3, 0.4) is 0 Å². The Hall–Kier alpha value is -0.680. The van der Waals surface area contributed by atoms with E-state index < -0.39 is 5.41 Å². The van der Waals surface area contributed by atoms with Crippen LogP contribution < -0.4 is 5.73 Å². The van der Waals surface area contributed by atoms with E-state index in [0.717, 1.165) is 19.3 Å². The van der Waals surface area contributed by atoms with E-state index in [1.807, 2.05) is 0 Å². The van der Waals surface area contributed by atoms with Crippen LogP contribution in [0.2, 0.25) is 0 Å². The number of hydrogen-bond donors (Lipinski definition) is 2. The molecule has 0 aromatic rings. The maximum absolute atomic E-state index is 12.0. The van der Waals surface area contributed by atoms with Crippen LogP contribution in [0.15, 0.2) is 0 Å². The summed E-state index contributed by atoms with van der Waals surface area (Å²) in [5.41, 5.74) is 4.76. The molecule has 0 atom stereocenters. The molecule has 5 heteroatoms. The van der Waals surface area contributed by atoms with Gasteiger partial charge in [0.2, 0.25) is 5.91 Å². The fourth-order valence-electron chi connectivity index (χ4n) is 1.32. The Labute approximate surface area is 103 Å². The smallest absolute Gasteiger partial charge is 0.234 e. The Balaban J connectivity index is 4.13. The minimum absolute atomic E-state index is 0.0519. The summed E-state index contributed by atoms with van der Waals surface area (Å²) in [4.78, 5) is 13.9. The third kappa shape index (κ3) is 4.45. The number of carbonyl (C=O) groups is 1. The first-order valence-electron chi connectivity index (χ1n) is 5.50. The minimum atomic E-state index is -0.777. The van der Waals surface area contributed by atoms with Gasteiger partial charge in [-0.2, -0.15) is 0 Å². The van der Waals surface area contributed by atoms with E-state index in [1.54, 1.807) is 25.8 Å². The zero-order chi connectivity index (χ0) is 12.8. The summed E-state index contributed by atoms with van der Waals surface area (Å²) in [6, 6.07) is 0. The summed E-state index contributed by atoms with van der Waals surface area (Å²) >= 11 is 4.88. The monoisotopic (exact) mass is 246 g/mol. The molecule has 0 rings (SSSR count). The van der Waals surface area contributed by atoms with Gasteiger partial charge in [0.15, 0.2) is 0 Å². The highest BCUT2D eigenvalue weighted by atomic mass is 32.1. The van der Waals surface area contributed by atoms with Crippen molar-refractivity contribution in [1.82, 2.24) is 4.90 Å². The molecule has 0 spiro atoms. The first-order chi connectivity index (χ1) is 7.34. The topological polar surface area (TPSA) is 66.6 Å². The molecule has 0 aliphatic rings. The molecule has 0 fully saturated rings. The maximum Gasteiger partial charge on any atom is 0.234 e. The van der Waals surface area contributed by atoms with Gasteiger partial charge in [0, 0.05) is 20.2 Å².